The number of carbonyl (C=O) groups is 3. The van der Waals surface area contributed by atoms with Crippen molar-refractivity contribution in [3.8, 4) is 0 Å². The van der Waals surface area contributed by atoms with Crippen LogP contribution in [-0.4, -0.2) is 41.9 Å². The number of anilines is 2. The molecule has 1 saturated heterocycles. The molecule has 1 atom stereocenters. The van der Waals surface area contributed by atoms with Crippen LogP contribution in [0.3, 0.4) is 0 Å². The maximum absolute atomic E-state index is 12.2. The van der Waals surface area contributed by atoms with Crippen molar-refractivity contribution in [3.63, 3.8) is 0 Å². The van der Waals surface area contributed by atoms with Gasteiger partial charge in [-0.1, -0.05) is 19.9 Å². The molecular formula is C18H26N4O3. The summed E-state index contributed by atoms with van der Waals surface area (Å²) in [4.78, 5) is 37.4. The number of hydrogen-bond donors (Lipinski definition) is 3. The third-order valence-corrected chi connectivity index (χ3v) is 4.13. The Balaban J connectivity index is 1.93. The van der Waals surface area contributed by atoms with E-state index >= 15 is 0 Å². The molecule has 3 N–H and O–H groups in total. The predicted molar refractivity (Wildman–Crippen MR) is 97.5 cm³/mol. The third-order valence-electron chi connectivity index (χ3n) is 4.13. The Morgan fingerprint density at radius 1 is 1.24 bits per heavy atom. The second-order valence-corrected chi connectivity index (χ2v) is 6.27. The smallest absolute Gasteiger partial charge is 0.319 e. The first-order valence-corrected chi connectivity index (χ1v) is 8.68. The molecule has 1 fully saturated rings. The number of aryl methyl sites for hydroxylation is 1. The highest BCUT2D eigenvalue weighted by Gasteiger charge is 2.29. The van der Waals surface area contributed by atoms with Gasteiger partial charge in [0.25, 0.3) is 0 Å². The van der Waals surface area contributed by atoms with Gasteiger partial charge in [0.1, 0.15) is 0 Å². The number of benzene rings is 1. The lowest BCUT2D eigenvalue weighted by Gasteiger charge is -2.16. The normalized spacial score (nSPS) is 16.7. The molecule has 1 aliphatic rings. The fourth-order valence-electron chi connectivity index (χ4n) is 2.78. The Kier molecular flexibility index (Phi) is 6.38. The monoisotopic (exact) mass is 346 g/mol. The van der Waals surface area contributed by atoms with Gasteiger partial charge in [0.05, 0.1) is 6.04 Å². The Morgan fingerprint density at radius 2 is 2.00 bits per heavy atom. The highest BCUT2D eigenvalue weighted by Crippen LogP contribution is 2.20. The van der Waals surface area contributed by atoms with Gasteiger partial charge in [0.15, 0.2) is 0 Å². The molecule has 0 radical (unpaired) electrons. The summed E-state index contributed by atoms with van der Waals surface area (Å²) >= 11 is 0. The molecule has 1 aromatic rings. The average Bonchev–Trinajstić information content (AvgIpc) is 2.90. The van der Waals surface area contributed by atoms with Gasteiger partial charge in [0, 0.05) is 37.3 Å². The third kappa shape index (κ3) is 5.20. The average molecular weight is 346 g/mol. The van der Waals surface area contributed by atoms with Crippen LogP contribution in [0.25, 0.3) is 0 Å². The molecule has 0 bridgehead atoms. The predicted octanol–water partition coefficient (Wildman–Crippen LogP) is 2.48. The standard InChI is InChI=1S/C18H26N4O3/c1-4-8-22-11-14(10-17(22)24)20-18(25)19-13-7-6-12(3)15(9-13)21-16(23)5-2/h6-7,9,14H,4-5,8,10-11H2,1-3H3,(H,21,23)(H2,19,20,25). The van der Waals surface area contributed by atoms with Crippen molar-refractivity contribution in [2.75, 3.05) is 23.7 Å². The Hall–Kier alpha value is -2.57. The fourth-order valence-corrected chi connectivity index (χ4v) is 2.78. The van der Waals surface area contributed by atoms with Crippen LogP contribution in [0.2, 0.25) is 0 Å². The molecule has 0 aromatic heterocycles. The second kappa shape index (κ2) is 8.50. The summed E-state index contributed by atoms with van der Waals surface area (Å²) in [5.41, 5.74) is 2.18. The van der Waals surface area contributed by atoms with Gasteiger partial charge < -0.3 is 20.9 Å². The summed E-state index contributed by atoms with van der Waals surface area (Å²) < 4.78 is 0. The molecule has 1 aromatic carbocycles. The van der Waals surface area contributed by atoms with Crippen LogP contribution in [0.1, 0.15) is 38.7 Å². The number of nitrogens with zero attached hydrogens (tertiary/aromatic N) is 1. The van der Waals surface area contributed by atoms with Crippen LogP contribution in [0.15, 0.2) is 18.2 Å². The zero-order valence-electron chi connectivity index (χ0n) is 15.0. The van der Waals surface area contributed by atoms with Crippen LogP contribution in [0.5, 0.6) is 0 Å². The van der Waals surface area contributed by atoms with Crippen molar-refractivity contribution in [3.05, 3.63) is 23.8 Å². The van der Waals surface area contributed by atoms with Gasteiger partial charge in [-0.25, -0.2) is 4.79 Å². The maximum Gasteiger partial charge on any atom is 0.319 e. The van der Waals surface area contributed by atoms with Crippen molar-refractivity contribution in [2.45, 2.75) is 46.1 Å². The van der Waals surface area contributed by atoms with E-state index in [0.29, 0.717) is 30.8 Å². The lowest BCUT2D eigenvalue weighted by Crippen LogP contribution is -2.39. The van der Waals surface area contributed by atoms with Gasteiger partial charge in [-0.05, 0) is 31.0 Å². The summed E-state index contributed by atoms with van der Waals surface area (Å²) in [6.45, 7) is 6.96. The number of urea groups is 1. The quantitative estimate of drug-likeness (QED) is 0.739. The van der Waals surface area contributed by atoms with Gasteiger partial charge in [-0.3, -0.25) is 9.59 Å². The van der Waals surface area contributed by atoms with Gasteiger partial charge in [-0.15, -0.1) is 0 Å². The molecule has 1 unspecified atom stereocenters. The van der Waals surface area contributed by atoms with E-state index < -0.39 is 0 Å². The molecule has 0 saturated carbocycles. The summed E-state index contributed by atoms with van der Waals surface area (Å²) in [7, 11) is 0. The van der Waals surface area contributed by atoms with Crippen molar-refractivity contribution < 1.29 is 14.4 Å². The van der Waals surface area contributed by atoms with Crippen molar-refractivity contribution in [1.82, 2.24) is 10.2 Å². The molecule has 4 amide bonds. The van der Waals surface area contributed by atoms with Crippen LogP contribution >= 0.6 is 0 Å². The minimum absolute atomic E-state index is 0.0760. The number of hydrogen-bond acceptors (Lipinski definition) is 3. The molecule has 1 heterocycles. The highest BCUT2D eigenvalue weighted by atomic mass is 16.2. The Labute approximate surface area is 148 Å². The maximum atomic E-state index is 12.2. The summed E-state index contributed by atoms with van der Waals surface area (Å²) in [5.74, 6) is -0.00256. The largest absolute Gasteiger partial charge is 0.341 e. The van der Waals surface area contributed by atoms with Crippen LogP contribution in [-0.2, 0) is 9.59 Å². The molecule has 7 heteroatoms. The fraction of sp³-hybridized carbons (Fsp3) is 0.500. The summed E-state index contributed by atoms with van der Waals surface area (Å²) in [6, 6.07) is 4.81. The number of rotatable bonds is 6. The molecule has 7 nitrogen and oxygen atoms in total. The van der Waals surface area contributed by atoms with Crippen LogP contribution < -0.4 is 16.0 Å². The first-order chi connectivity index (χ1) is 11.9. The lowest BCUT2D eigenvalue weighted by molar-refractivity contribution is -0.127. The van der Waals surface area contributed by atoms with E-state index in [4.69, 9.17) is 0 Å². The van der Waals surface area contributed by atoms with E-state index in [2.05, 4.69) is 16.0 Å². The molecular weight excluding hydrogens is 320 g/mol. The van der Waals surface area contributed by atoms with Crippen LogP contribution in [0.4, 0.5) is 16.2 Å². The number of likely N-dealkylation sites (tertiary alicyclic amines) is 1. The van der Waals surface area contributed by atoms with E-state index in [1.54, 1.807) is 24.0 Å². The Morgan fingerprint density at radius 3 is 2.68 bits per heavy atom. The molecule has 2 rings (SSSR count). The van der Waals surface area contributed by atoms with E-state index in [1.807, 2.05) is 19.9 Å². The zero-order chi connectivity index (χ0) is 18.4. The SMILES string of the molecule is CCCN1CC(NC(=O)Nc2ccc(C)c(NC(=O)CC)c2)CC1=O. The number of carbonyl (C=O) groups excluding carboxylic acids is 3. The van der Waals surface area contributed by atoms with E-state index in [9.17, 15) is 14.4 Å². The van der Waals surface area contributed by atoms with Crippen molar-refractivity contribution in [1.29, 1.82) is 0 Å². The topological polar surface area (TPSA) is 90.5 Å². The van der Waals surface area contributed by atoms with E-state index in [1.165, 1.54) is 0 Å². The number of amides is 4. The molecule has 0 aliphatic carbocycles. The van der Waals surface area contributed by atoms with Gasteiger partial charge in [-0.2, -0.15) is 0 Å². The Bertz CT molecular complexity index is 660. The number of nitrogens with one attached hydrogen (secondary N) is 3. The summed E-state index contributed by atoms with van der Waals surface area (Å²) in [5, 5.41) is 8.40. The zero-order valence-corrected chi connectivity index (χ0v) is 15.0. The first kappa shape index (κ1) is 18.8. The van der Waals surface area contributed by atoms with Crippen molar-refractivity contribution in [2.24, 2.45) is 0 Å². The van der Waals surface area contributed by atoms with Gasteiger partial charge in [0.2, 0.25) is 11.8 Å². The minimum Gasteiger partial charge on any atom is -0.341 e. The van der Waals surface area contributed by atoms with Crippen molar-refractivity contribution >= 4 is 29.2 Å². The summed E-state index contributed by atoms with van der Waals surface area (Å²) in [6.07, 6.45) is 1.63. The van der Waals surface area contributed by atoms with E-state index in [-0.39, 0.29) is 23.9 Å². The van der Waals surface area contributed by atoms with Crippen LogP contribution in [0, 0.1) is 6.92 Å². The second-order valence-electron chi connectivity index (χ2n) is 6.27. The molecule has 25 heavy (non-hydrogen) atoms. The first-order valence-electron chi connectivity index (χ1n) is 8.68. The molecule has 0 spiro atoms. The van der Waals surface area contributed by atoms with Gasteiger partial charge >= 0.3 is 6.03 Å². The lowest BCUT2D eigenvalue weighted by atomic mass is 10.1. The molecule has 1 aliphatic heterocycles. The minimum atomic E-state index is -0.354. The molecule has 136 valence electrons. The highest BCUT2D eigenvalue weighted by molar-refractivity contribution is 5.94. The van der Waals surface area contributed by atoms with E-state index in [0.717, 1.165) is 18.5 Å².